The summed E-state index contributed by atoms with van der Waals surface area (Å²) in [6.07, 6.45) is 1.47. The van der Waals surface area contributed by atoms with E-state index in [9.17, 15) is 9.59 Å². The molecule has 4 rings (SSSR count). The number of hydrogen-bond donors (Lipinski definition) is 3. The minimum absolute atomic E-state index is 0.00491. The third-order valence-electron chi connectivity index (χ3n) is 4.80. The van der Waals surface area contributed by atoms with E-state index in [1.165, 1.54) is 9.75 Å². The first-order chi connectivity index (χ1) is 13.0. The van der Waals surface area contributed by atoms with Crippen molar-refractivity contribution in [1.82, 2.24) is 15.2 Å². The zero-order valence-electron chi connectivity index (χ0n) is 14.7. The topological polar surface area (TPSA) is 114 Å². The number of aryl methyl sites for hydroxylation is 2. The van der Waals surface area contributed by atoms with Gasteiger partial charge in [-0.15, -0.1) is 21.5 Å². The molecule has 0 saturated carbocycles. The molecule has 0 bridgehead atoms. The predicted octanol–water partition coefficient (Wildman–Crippen LogP) is 2.61. The Kier molecular flexibility index (Phi) is 4.49. The first kappa shape index (κ1) is 17.4. The maximum atomic E-state index is 13.1. The summed E-state index contributed by atoms with van der Waals surface area (Å²) in [4.78, 5) is 29.7. The van der Waals surface area contributed by atoms with Crippen LogP contribution < -0.4 is 11.1 Å². The fourth-order valence-electron chi connectivity index (χ4n) is 3.58. The molecular formula is C19H19N5O2S. The number of carbonyl (C=O) groups excluding carboxylic acids is 2. The summed E-state index contributed by atoms with van der Waals surface area (Å²) in [6.45, 7) is 2.04. The number of aromatic amines is 1. The van der Waals surface area contributed by atoms with E-state index in [-0.39, 0.29) is 23.6 Å². The molecule has 138 valence electrons. The summed E-state index contributed by atoms with van der Waals surface area (Å²) in [5, 5.41) is 11.0. The first-order valence-electron chi connectivity index (χ1n) is 8.70. The van der Waals surface area contributed by atoms with Crippen LogP contribution in [-0.2, 0) is 11.2 Å². The van der Waals surface area contributed by atoms with Gasteiger partial charge in [0.25, 0.3) is 5.91 Å². The van der Waals surface area contributed by atoms with E-state index < -0.39 is 5.91 Å². The molecule has 0 fully saturated rings. The van der Waals surface area contributed by atoms with Crippen molar-refractivity contribution >= 4 is 28.8 Å². The predicted molar refractivity (Wildman–Crippen MR) is 103 cm³/mol. The fraction of sp³-hybridized carbons (Fsp3) is 0.263. The third-order valence-corrected chi connectivity index (χ3v) is 5.91. The number of H-pyrrole nitrogens is 1. The SMILES string of the molecule is Cc1cc2c(s1)CCC(C(c1ccccc1)c1nnc(C(N)=O)[nH]1)C(=O)N2. The van der Waals surface area contributed by atoms with Crippen molar-refractivity contribution in [2.24, 2.45) is 11.7 Å². The lowest BCUT2D eigenvalue weighted by atomic mass is 9.82. The van der Waals surface area contributed by atoms with Crippen LogP contribution in [0.1, 0.15) is 44.1 Å². The van der Waals surface area contributed by atoms with E-state index in [1.807, 2.05) is 43.3 Å². The normalized spacial score (nSPS) is 17.7. The molecule has 0 aliphatic carbocycles. The first-order valence-corrected chi connectivity index (χ1v) is 9.52. The Morgan fingerprint density at radius 3 is 2.78 bits per heavy atom. The number of anilines is 1. The number of primary amides is 1. The van der Waals surface area contributed by atoms with Crippen molar-refractivity contribution in [2.45, 2.75) is 25.7 Å². The van der Waals surface area contributed by atoms with E-state index in [4.69, 9.17) is 5.73 Å². The van der Waals surface area contributed by atoms with Crippen LogP contribution in [0, 0.1) is 12.8 Å². The second-order valence-electron chi connectivity index (χ2n) is 6.64. The number of nitrogens with zero attached hydrogens (tertiary/aromatic N) is 2. The van der Waals surface area contributed by atoms with Crippen LogP contribution in [0.3, 0.4) is 0 Å². The summed E-state index contributed by atoms with van der Waals surface area (Å²) >= 11 is 1.71. The average molecular weight is 381 g/mol. The Morgan fingerprint density at radius 1 is 1.30 bits per heavy atom. The van der Waals surface area contributed by atoms with Gasteiger partial charge >= 0.3 is 0 Å². The Balaban J connectivity index is 1.73. The Bertz CT molecular complexity index is 995. The van der Waals surface area contributed by atoms with Gasteiger partial charge in [0, 0.05) is 9.75 Å². The molecule has 0 saturated heterocycles. The zero-order chi connectivity index (χ0) is 19.0. The molecule has 4 N–H and O–H groups in total. The van der Waals surface area contributed by atoms with Gasteiger partial charge in [-0.1, -0.05) is 30.3 Å². The molecule has 8 heteroatoms. The molecule has 1 aromatic carbocycles. The zero-order valence-corrected chi connectivity index (χ0v) is 15.5. The molecule has 3 aromatic rings. The number of thiophene rings is 1. The maximum absolute atomic E-state index is 13.1. The molecule has 3 heterocycles. The van der Waals surface area contributed by atoms with Crippen LogP contribution in [0.25, 0.3) is 0 Å². The lowest BCUT2D eigenvalue weighted by Crippen LogP contribution is -2.28. The monoisotopic (exact) mass is 381 g/mol. The molecule has 0 radical (unpaired) electrons. The Labute approximate surface area is 160 Å². The summed E-state index contributed by atoms with van der Waals surface area (Å²) in [7, 11) is 0. The van der Waals surface area contributed by atoms with Gasteiger partial charge < -0.3 is 16.0 Å². The van der Waals surface area contributed by atoms with Crippen LogP contribution in [-0.4, -0.2) is 27.0 Å². The third kappa shape index (κ3) is 3.35. The lowest BCUT2D eigenvalue weighted by molar-refractivity contribution is -0.120. The van der Waals surface area contributed by atoms with Gasteiger partial charge in [-0.3, -0.25) is 9.59 Å². The lowest BCUT2D eigenvalue weighted by Gasteiger charge is -2.23. The molecule has 2 atom stereocenters. The highest BCUT2D eigenvalue weighted by Crippen LogP contribution is 2.39. The van der Waals surface area contributed by atoms with E-state index in [2.05, 4.69) is 20.5 Å². The van der Waals surface area contributed by atoms with Gasteiger partial charge in [-0.05, 0) is 31.4 Å². The number of benzene rings is 1. The molecule has 27 heavy (non-hydrogen) atoms. The van der Waals surface area contributed by atoms with E-state index >= 15 is 0 Å². The minimum atomic E-state index is -0.677. The number of nitrogens with one attached hydrogen (secondary N) is 2. The number of fused-ring (bicyclic) bond motifs is 1. The minimum Gasteiger partial charge on any atom is -0.363 e. The second kappa shape index (κ2) is 6.96. The van der Waals surface area contributed by atoms with Crippen LogP contribution in [0.4, 0.5) is 5.69 Å². The number of hydrogen-bond acceptors (Lipinski definition) is 5. The van der Waals surface area contributed by atoms with E-state index in [1.54, 1.807) is 11.3 Å². The van der Waals surface area contributed by atoms with E-state index in [0.717, 1.165) is 17.7 Å². The number of carbonyl (C=O) groups is 2. The van der Waals surface area contributed by atoms with E-state index in [0.29, 0.717) is 12.2 Å². The van der Waals surface area contributed by atoms with Crippen molar-refractivity contribution in [2.75, 3.05) is 5.32 Å². The van der Waals surface area contributed by atoms with Crippen LogP contribution in [0.5, 0.6) is 0 Å². The summed E-state index contributed by atoms with van der Waals surface area (Å²) in [5.74, 6) is -0.963. The van der Waals surface area contributed by atoms with Gasteiger partial charge in [-0.2, -0.15) is 0 Å². The molecule has 1 aliphatic rings. The molecule has 2 unspecified atom stereocenters. The van der Waals surface area contributed by atoms with Gasteiger partial charge in [-0.25, -0.2) is 0 Å². The summed E-state index contributed by atoms with van der Waals surface area (Å²) in [5.41, 5.74) is 7.14. The Hall–Kier alpha value is -3.00. The molecule has 2 amide bonds. The standard InChI is InChI=1S/C19H19N5O2S/c1-10-9-13-14(27-10)8-7-12(19(26)21-13)15(11-5-3-2-4-6-11)17-22-18(16(20)25)24-23-17/h2-6,9,12,15H,7-8H2,1H3,(H2,20,25)(H,21,26)(H,22,23,24). The molecular weight excluding hydrogens is 362 g/mol. The summed E-state index contributed by atoms with van der Waals surface area (Å²) in [6, 6.07) is 11.7. The molecule has 1 aliphatic heterocycles. The van der Waals surface area contributed by atoms with Crippen LogP contribution >= 0.6 is 11.3 Å². The molecule has 0 spiro atoms. The van der Waals surface area contributed by atoms with Crippen molar-refractivity contribution in [3.63, 3.8) is 0 Å². The smallest absolute Gasteiger partial charge is 0.286 e. The van der Waals surface area contributed by atoms with Crippen molar-refractivity contribution < 1.29 is 9.59 Å². The Morgan fingerprint density at radius 2 is 2.07 bits per heavy atom. The van der Waals surface area contributed by atoms with Crippen molar-refractivity contribution in [1.29, 1.82) is 0 Å². The van der Waals surface area contributed by atoms with Gasteiger partial charge in [0.2, 0.25) is 11.7 Å². The maximum Gasteiger partial charge on any atom is 0.286 e. The van der Waals surface area contributed by atoms with Gasteiger partial charge in [0.15, 0.2) is 0 Å². The quantitative estimate of drug-likeness (QED) is 0.644. The largest absolute Gasteiger partial charge is 0.363 e. The van der Waals surface area contributed by atoms with Crippen LogP contribution in [0.15, 0.2) is 36.4 Å². The molecule has 7 nitrogen and oxygen atoms in total. The second-order valence-corrected chi connectivity index (χ2v) is 7.98. The molecule has 2 aromatic heterocycles. The highest BCUT2D eigenvalue weighted by molar-refractivity contribution is 7.12. The van der Waals surface area contributed by atoms with Gasteiger partial charge in [0.05, 0.1) is 17.5 Å². The summed E-state index contributed by atoms with van der Waals surface area (Å²) < 4.78 is 0. The number of nitrogens with two attached hydrogens (primary N) is 1. The number of amides is 2. The number of rotatable bonds is 4. The highest BCUT2D eigenvalue weighted by Gasteiger charge is 2.35. The fourth-order valence-corrected chi connectivity index (χ4v) is 4.59. The van der Waals surface area contributed by atoms with Crippen LogP contribution in [0.2, 0.25) is 0 Å². The average Bonchev–Trinajstić information content (AvgIpc) is 3.23. The van der Waals surface area contributed by atoms with Gasteiger partial charge in [0.1, 0.15) is 5.82 Å². The number of aromatic nitrogens is 3. The highest BCUT2D eigenvalue weighted by atomic mass is 32.1. The van der Waals surface area contributed by atoms with Crippen molar-refractivity contribution in [3.8, 4) is 0 Å². The van der Waals surface area contributed by atoms with Crippen molar-refractivity contribution in [3.05, 3.63) is 63.4 Å².